The lowest BCUT2D eigenvalue weighted by Crippen LogP contribution is -2.48. The van der Waals surface area contributed by atoms with Crippen molar-refractivity contribution >= 4 is 29.4 Å². The van der Waals surface area contributed by atoms with E-state index in [9.17, 15) is 4.79 Å². The first-order chi connectivity index (χ1) is 10.1. The van der Waals surface area contributed by atoms with Gasteiger partial charge in [0.05, 0.1) is 18.2 Å². The van der Waals surface area contributed by atoms with E-state index >= 15 is 0 Å². The van der Waals surface area contributed by atoms with E-state index in [1.54, 1.807) is 6.92 Å². The molecule has 1 aromatic rings. The number of carbonyl (C=O) groups excluding carboxylic acids is 1. The molecule has 1 aromatic carbocycles. The van der Waals surface area contributed by atoms with Crippen LogP contribution in [0.4, 0.5) is 0 Å². The minimum Gasteiger partial charge on any atom is -0.463 e. The van der Waals surface area contributed by atoms with Gasteiger partial charge in [-0.1, -0.05) is 42.5 Å². The van der Waals surface area contributed by atoms with Crippen molar-refractivity contribution in [2.75, 3.05) is 6.61 Å². The van der Waals surface area contributed by atoms with Crippen LogP contribution < -0.4 is 10.6 Å². The van der Waals surface area contributed by atoms with E-state index in [1.807, 2.05) is 49.4 Å². The molecule has 2 N–H and O–H groups in total. The van der Waals surface area contributed by atoms with Crippen molar-refractivity contribution < 1.29 is 9.53 Å². The molecule has 1 atom stereocenters. The molecule has 0 aromatic heterocycles. The second-order valence-electron chi connectivity index (χ2n) is 4.61. The van der Waals surface area contributed by atoms with E-state index in [-0.39, 0.29) is 12.0 Å². The van der Waals surface area contributed by atoms with Crippen LogP contribution in [0.3, 0.4) is 0 Å². The smallest absolute Gasteiger partial charge is 0.338 e. The summed E-state index contributed by atoms with van der Waals surface area (Å²) in [6, 6.07) is 9.59. The molecular formula is C16H18N2O2S. The second kappa shape index (κ2) is 7.04. The van der Waals surface area contributed by atoms with Gasteiger partial charge in [0.1, 0.15) is 0 Å². The predicted octanol–water partition coefficient (Wildman–Crippen LogP) is 2.38. The minimum atomic E-state index is -0.333. The summed E-state index contributed by atoms with van der Waals surface area (Å²) < 4.78 is 5.12. The number of allylic oxidation sites excluding steroid dienone is 1. The molecule has 0 bridgehead atoms. The summed E-state index contributed by atoms with van der Waals surface area (Å²) >= 11 is 5.15. The Morgan fingerprint density at radius 1 is 1.38 bits per heavy atom. The molecule has 5 heteroatoms. The second-order valence-corrected chi connectivity index (χ2v) is 5.01. The number of rotatable bonds is 4. The van der Waals surface area contributed by atoms with E-state index in [1.165, 1.54) is 0 Å². The Morgan fingerprint density at radius 2 is 2.10 bits per heavy atom. The maximum Gasteiger partial charge on any atom is 0.338 e. The van der Waals surface area contributed by atoms with Crippen LogP contribution in [0.15, 0.2) is 47.7 Å². The Balaban J connectivity index is 2.26. The number of carbonyl (C=O) groups is 1. The fraction of sp³-hybridized carbons (Fsp3) is 0.250. The maximum atomic E-state index is 12.1. The summed E-state index contributed by atoms with van der Waals surface area (Å²) in [6.45, 7) is 3.95. The van der Waals surface area contributed by atoms with Gasteiger partial charge in [-0.25, -0.2) is 4.79 Å². The molecule has 21 heavy (non-hydrogen) atoms. The SMILES string of the molecule is CCOC(=O)C1=C(C)NC(=S)N[C@H]1/C=C\c1ccccc1. The average molecular weight is 302 g/mol. The van der Waals surface area contributed by atoms with Crippen molar-refractivity contribution in [3.63, 3.8) is 0 Å². The maximum absolute atomic E-state index is 12.1. The molecule has 0 amide bonds. The summed E-state index contributed by atoms with van der Waals surface area (Å²) in [5.74, 6) is -0.333. The summed E-state index contributed by atoms with van der Waals surface area (Å²) in [5.41, 5.74) is 2.34. The van der Waals surface area contributed by atoms with Gasteiger partial charge in [0.2, 0.25) is 0 Å². The monoisotopic (exact) mass is 302 g/mol. The lowest BCUT2D eigenvalue weighted by atomic mass is 10.0. The zero-order valence-electron chi connectivity index (χ0n) is 12.1. The van der Waals surface area contributed by atoms with Crippen LogP contribution >= 0.6 is 12.2 Å². The Kier molecular flexibility index (Phi) is 5.11. The standard InChI is InChI=1S/C16H18N2O2S/c1-3-20-15(19)14-11(2)17-16(21)18-13(14)10-9-12-7-5-4-6-8-12/h4-10,13H,3H2,1-2H3,(H2,17,18,21)/b10-9-/t13-/m0/s1. The van der Waals surface area contributed by atoms with Gasteiger partial charge in [0, 0.05) is 5.70 Å². The first kappa shape index (κ1) is 15.3. The van der Waals surface area contributed by atoms with Gasteiger partial charge in [0.25, 0.3) is 0 Å². The summed E-state index contributed by atoms with van der Waals surface area (Å²) in [4.78, 5) is 12.1. The summed E-state index contributed by atoms with van der Waals surface area (Å²) in [5, 5.41) is 6.55. The van der Waals surface area contributed by atoms with E-state index < -0.39 is 0 Å². The van der Waals surface area contributed by atoms with Gasteiger partial charge in [-0.3, -0.25) is 0 Å². The number of nitrogens with one attached hydrogen (secondary N) is 2. The van der Waals surface area contributed by atoms with E-state index in [0.29, 0.717) is 17.3 Å². The zero-order valence-corrected chi connectivity index (χ0v) is 12.9. The number of ether oxygens (including phenoxy) is 1. The number of esters is 1. The quantitative estimate of drug-likeness (QED) is 0.660. The van der Waals surface area contributed by atoms with Crippen LogP contribution in [0.1, 0.15) is 19.4 Å². The van der Waals surface area contributed by atoms with Gasteiger partial charge < -0.3 is 15.4 Å². The fourth-order valence-electron chi connectivity index (χ4n) is 2.13. The highest BCUT2D eigenvalue weighted by molar-refractivity contribution is 7.80. The van der Waals surface area contributed by atoms with Crippen LogP contribution in [0.5, 0.6) is 0 Å². The highest BCUT2D eigenvalue weighted by Crippen LogP contribution is 2.16. The van der Waals surface area contributed by atoms with Crippen molar-refractivity contribution in [2.24, 2.45) is 0 Å². The lowest BCUT2D eigenvalue weighted by molar-refractivity contribution is -0.138. The topological polar surface area (TPSA) is 50.4 Å². The number of hydrogen-bond donors (Lipinski definition) is 2. The van der Waals surface area contributed by atoms with E-state index in [0.717, 1.165) is 11.3 Å². The molecule has 0 spiro atoms. The van der Waals surface area contributed by atoms with Crippen LogP contribution in [-0.2, 0) is 9.53 Å². The van der Waals surface area contributed by atoms with Crippen molar-refractivity contribution in [2.45, 2.75) is 19.9 Å². The molecule has 1 heterocycles. The van der Waals surface area contributed by atoms with Gasteiger partial charge in [-0.15, -0.1) is 0 Å². The molecule has 0 unspecified atom stereocenters. The van der Waals surface area contributed by atoms with Crippen LogP contribution in [-0.4, -0.2) is 23.7 Å². The summed E-state index contributed by atoms with van der Waals surface area (Å²) in [7, 11) is 0. The zero-order chi connectivity index (χ0) is 15.2. The Hall–Kier alpha value is -2.14. The van der Waals surface area contributed by atoms with Gasteiger partial charge in [-0.05, 0) is 31.6 Å². The normalized spacial score (nSPS) is 18.4. The van der Waals surface area contributed by atoms with Gasteiger partial charge >= 0.3 is 5.97 Å². The Morgan fingerprint density at radius 3 is 2.76 bits per heavy atom. The van der Waals surface area contributed by atoms with E-state index in [2.05, 4.69) is 10.6 Å². The average Bonchev–Trinajstić information content (AvgIpc) is 2.45. The molecule has 4 nitrogen and oxygen atoms in total. The first-order valence-electron chi connectivity index (χ1n) is 6.80. The van der Waals surface area contributed by atoms with Crippen molar-refractivity contribution in [3.05, 3.63) is 53.2 Å². The molecule has 0 saturated heterocycles. The van der Waals surface area contributed by atoms with Gasteiger partial charge in [0.15, 0.2) is 5.11 Å². The Bertz CT molecular complexity index is 594. The number of hydrogen-bond acceptors (Lipinski definition) is 3. The third kappa shape index (κ3) is 3.92. The molecular weight excluding hydrogens is 284 g/mol. The fourth-order valence-corrected chi connectivity index (χ4v) is 2.41. The van der Waals surface area contributed by atoms with Crippen molar-refractivity contribution in [1.82, 2.24) is 10.6 Å². The van der Waals surface area contributed by atoms with Crippen LogP contribution in [0.25, 0.3) is 6.08 Å². The largest absolute Gasteiger partial charge is 0.463 e. The minimum absolute atomic E-state index is 0.294. The molecule has 0 aliphatic carbocycles. The van der Waals surface area contributed by atoms with Crippen LogP contribution in [0.2, 0.25) is 0 Å². The molecule has 1 aliphatic heterocycles. The number of thiocarbonyl (C=S) groups is 1. The molecule has 1 aliphatic rings. The Labute approximate surface area is 129 Å². The highest BCUT2D eigenvalue weighted by atomic mass is 32.1. The highest BCUT2D eigenvalue weighted by Gasteiger charge is 2.27. The van der Waals surface area contributed by atoms with Crippen molar-refractivity contribution in [1.29, 1.82) is 0 Å². The third-order valence-electron chi connectivity index (χ3n) is 3.08. The van der Waals surface area contributed by atoms with Crippen LogP contribution in [0, 0.1) is 0 Å². The molecule has 0 fully saturated rings. The number of benzene rings is 1. The molecule has 110 valence electrons. The molecule has 2 rings (SSSR count). The molecule has 0 saturated carbocycles. The summed E-state index contributed by atoms with van der Waals surface area (Å²) in [6.07, 6.45) is 3.87. The predicted molar refractivity (Wildman–Crippen MR) is 87.5 cm³/mol. The van der Waals surface area contributed by atoms with Crippen molar-refractivity contribution in [3.8, 4) is 0 Å². The van der Waals surface area contributed by atoms with Gasteiger partial charge in [-0.2, -0.15) is 0 Å². The first-order valence-corrected chi connectivity index (χ1v) is 7.21. The third-order valence-corrected chi connectivity index (χ3v) is 3.30. The molecule has 0 radical (unpaired) electrons. The lowest BCUT2D eigenvalue weighted by Gasteiger charge is -2.27. The van der Waals surface area contributed by atoms with E-state index in [4.69, 9.17) is 17.0 Å².